The van der Waals surface area contributed by atoms with Crippen molar-refractivity contribution in [1.82, 2.24) is 5.48 Å². The molecule has 12 heavy (non-hydrogen) atoms. The molecule has 3 heteroatoms. The minimum absolute atomic E-state index is 0.0283. The van der Waals surface area contributed by atoms with Crippen molar-refractivity contribution in [1.29, 1.82) is 0 Å². The lowest BCUT2D eigenvalue weighted by atomic mass is 10.1. The molecular formula is C9H8BrNO. The van der Waals surface area contributed by atoms with Gasteiger partial charge >= 0.3 is 0 Å². The van der Waals surface area contributed by atoms with E-state index >= 15 is 0 Å². The van der Waals surface area contributed by atoms with E-state index in [2.05, 4.69) is 21.4 Å². The van der Waals surface area contributed by atoms with E-state index in [4.69, 9.17) is 4.84 Å². The molecule has 0 spiro atoms. The van der Waals surface area contributed by atoms with Gasteiger partial charge in [0.05, 0.1) is 0 Å². The molecule has 1 aromatic rings. The van der Waals surface area contributed by atoms with Crippen LogP contribution in [0.15, 0.2) is 41.0 Å². The molecule has 1 aromatic carbocycles. The van der Waals surface area contributed by atoms with Crippen molar-refractivity contribution in [3.05, 3.63) is 46.6 Å². The average molecular weight is 226 g/mol. The maximum absolute atomic E-state index is 5.23. The van der Waals surface area contributed by atoms with Gasteiger partial charge in [0.1, 0.15) is 6.10 Å². The van der Waals surface area contributed by atoms with E-state index in [1.54, 1.807) is 6.20 Å². The zero-order valence-corrected chi connectivity index (χ0v) is 7.91. The fraction of sp³-hybridized carbons (Fsp3) is 0.111. The maximum Gasteiger partial charge on any atom is 0.131 e. The van der Waals surface area contributed by atoms with E-state index in [9.17, 15) is 0 Å². The largest absolute Gasteiger partial charge is 0.274 e. The molecule has 1 aliphatic heterocycles. The third-order valence-corrected chi connectivity index (χ3v) is 2.47. The molecule has 1 heterocycles. The Hall–Kier alpha value is -0.800. The molecule has 1 N–H and O–H groups in total. The normalized spacial score (nSPS) is 20.9. The van der Waals surface area contributed by atoms with Gasteiger partial charge in [-0.2, -0.15) is 0 Å². The quantitative estimate of drug-likeness (QED) is 0.794. The van der Waals surface area contributed by atoms with Crippen LogP contribution in [0.3, 0.4) is 0 Å². The molecule has 0 aromatic heterocycles. The van der Waals surface area contributed by atoms with Crippen molar-refractivity contribution >= 4 is 15.9 Å². The van der Waals surface area contributed by atoms with Gasteiger partial charge in [-0.15, -0.1) is 0 Å². The van der Waals surface area contributed by atoms with E-state index in [0.29, 0.717) is 0 Å². The van der Waals surface area contributed by atoms with Crippen LogP contribution < -0.4 is 5.48 Å². The summed E-state index contributed by atoms with van der Waals surface area (Å²) in [5, 5.41) is 0. The summed E-state index contributed by atoms with van der Waals surface area (Å²) in [5.41, 5.74) is 3.83. The third kappa shape index (κ3) is 1.38. The first kappa shape index (κ1) is 7.83. The maximum atomic E-state index is 5.23. The number of hydrogen-bond donors (Lipinski definition) is 1. The Balaban J connectivity index is 2.33. The lowest BCUT2D eigenvalue weighted by Crippen LogP contribution is -2.03. The summed E-state index contributed by atoms with van der Waals surface area (Å²) in [7, 11) is 0. The van der Waals surface area contributed by atoms with E-state index in [1.165, 1.54) is 0 Å². The zero-order chi connectivity index (χ0) is 8.39. The molecule has 0 saturated carbocycles. The summed E-state index contributed by atoms with van der Waals surface area (Å²) in [6.07, 6.45) is 3.80. The predicted molar refractivity (Wildman–Crippen MR) is 50.2 cm³/mol. The number of hydroxylamine groups is 1. The predicted octanol–water partition coefficient (Wildman–Crippen LogP) is 2.54. The van der Waals surface area contributed by atoms with Crippen LogP contribution in [0.1, 0.15) is 11.7 Å². The molecule has 0 saturated heterocycles. The van der Waals surface area contributed by atoms with Crippen LogP contribution in [0, 0.1) is 0 Å². The fourth-order valence-corrected chi connectivity index (χ4v) is 1.66. The van der Waals surface area contributed by atoms with Gasteiger partial charge in [-0.25, -0.2) is 0 Å². The Labute approximate surface area is 79.3 Å². The first-order chi connectivity index (χ1) is 5.88. The highest BCUT2D eigenvalue weighted by Gasteiger charge is 2.14. The smallest absolute Gasteiger partial charge is 0.131 e. The summed E-state index contributed by atoms with van der Waals surface area (Å²) in [5.74, 6) is 0. The number of benzene rings is 1. The van der Waals surface area contributed by atoms with Crippen LogP contribution in [-0.2, 0) is 4.84 Å². The van der Waals surface area contributed by atoms with Gasteiger partial charge < -0.3 is 0 Å². The standard InChI is InChI=1S/C9H8BrNO/c10-8-4-2-1-3-7(8)9-5-6-11-12-9/h1-6,9,11H. The lowest BCUT2D eigenvalue weighted by molar-refractivity contribution is 0.0466. The Morgan fingerprint density at radius 2 is 2.17 bits per heavy atom. The minimum atomic E-state index is 0.0283. The highest BCUT2D eigenvalue weighted by molar-refractivity contribution is 9.10. The number of nitrogens with one attached hydrogen (secondary N) is 1. The molecule has 0 fully saturated rings. The fourth-order valence-electron chi connectivity index (χ4n) is 1.15. The van der Waals surface area contributed by atoms with Gasteiger partial charge in [-0.3, -0.25) is 10.3 Å². The molecule has 0 radical (unpaired) electrons. The van der Waals surface area contributed by atoms with Crippen LogP contribution in [0.2, 0.25) is 0 Å². The van der Waals surface area contributed by atoms with Crippen LogP contribution in [-0.4, -0.2) is 0 Å². The van der Waals surface area contributed by atoms with Gasteiger partial charge in [0.25, 0.3) is 0 Å². The Morgan fingerprint density at radius 1 is 1.33 bits per heavy atom. The first-order valence-corrected chi connectivity index (χ1v) is 4.49. The second kappa shape index (κ2) is 3.29. The van der Waals surface area contributed by atoms with Gasteiger partial charge in [0.2, 0.25) is 0 Å². The van der Waals surface area contributed by atoms with E-state index in [-0.39, 0.29) is 6.10 Å². The molecule has 2 rings (SSSR count). The molecule has 0 aliphatic carbocycles. The van der Waals surface area contributed by atoms with Gasteiger partial charge in [0.15, 0.2) is 0 Å². The Kier molecular flexibility index (Phi) is 2.15. The summed E-state index contributed by atoms with van der Waals surface area (Å²) in [6, 6.07) is 8.02. The SMILES string of the molecule is Brc1ccccc1C1C=CNO1. The highest BCUT2D eigenvalue weighted by atomic mass is 79.9. The van der Waals surface area contributed by atoms with Crippen molar-refractivity contribution in [3.8, 4) is 0 Å². The van der Waals surface area contributed by atoms with Crippen LogP contribution in [0.5, 0.6) is 0 Å². The van der Waals surface area contributed by atoms with Crippen molar-refractivity contribution in [2.75, 3.05) is 0 Å². The van der Waals surface area contributed by atoms with Crippen molar-refractivity contribution < 1.29 is 4.84 Å². The first-order valence-electron chi connectivity index (χ1n) is 3.70. The molecule has 0 amide bonds. The zero-order valence-electron chi connectivity index (χ0n) is 6.33. The molecular weight excluding hydrogens is 218 g/mol. The summed E-state index contributed by atoms with van der Waals surface area (Å²) in [6.45, 7) is 0. The van der Waals surface area contributed by atoms with Gasteiger partial charge in [-0.1, -0.05) is 34.1 Å². The lowest BCUT2D eigenvalue weighted by Gasteiger charge is -2.08. The van der Waals surface area contributed by atoms with Gasteiger partial charge in [0, 0.05) is 16.2 Å². The monoisotopic (exact) mass is 225 g/mol. The van der Waals surface area contributed by atoms with E-state index in [0.717, 1.165) is 10.0 Å². The molecule has 62 valence electrons. The van der Waals surface area contributed by atoms with E-state index < -0.39 is 0 Å². The van der Waals surface area contributed by atoms with Crippen molar-refractivity contribution in [2.24, 2.45) is 0 Å². The second-order valence-corrected chi connectivity index (χ2v) is 3.39. The Bertz CT molecular complexity index is 311. The summed E-state index contributed by atoms with van der Waals surface area (Å²) >= 11 is 3.46. The third-order valence-electron chi connectivity index (χ3n) is 1.75. The second-order valence-electron chi connectivity index (χ2n) is 2.54. The van der Waals surface area contributed by atoms with Crippen LogP contribution >= 0.6 is 15.9 Å². The van der Waals surface area contributed by atoms with Crippen LogP contribution in [0.25, 0.3) is 0 Å². The Morgan fingerprint density at radius 3 is 2.83 bits per heavy atom. The average Bonchev–Trinajstić information content (AvgIpc) is 2.57. The number of hydrogen-bond acceptors (Lipinski definition) is 2. The van der Waals surface area contributed by atoms with Crippen LogP contribution in [0.4, 0.5) is 0 Å². The van der Waals surface area contributed by atoms with Gasteiger partial charge in [-0.05, 0) is 12.1 Å². The van der Waals surface area contributed by atoms with E-state index in [1.807, 2.05) is 30.3 Å². The summed E-state index contributed by atoms with van der Waals surface area (Å²) < 4.78 is 1.07. The highest BCUT2D eigenvalue weighted by Crippen LogP contribution is 2.27. The molecule has 1 aliphatic rings. The molecule has 1 unspecified atom stereocenters. The molecule has 1 atom stereocenters. The van der Waals surface area contributed by atoms with Crippen molar-refractivity contribution in [2.45, 2.75) is 6.10 Å². The molecule has 2 nitrogen and oxygen atoms in total. The topological polar surface area (TPSA) is 21.3 Å². The van der Waals surface area contributed by atoms with Crippen molar-refractivity contribution in [3.63, 3.8) is 0 Å². The number of rotatable bonds is 1. The summed E-state index contributed by atoms with van der Waals surface area (Å²) in [4.78, 5) is 5.23. The molecule has 0 bridgehead atoms. The number of halogens is 1. The minimum Gasteiger partial charge on any atom is -0.274 e.